The molecule has 1 atom stereocenters. The van der Waals surface area contributed by atoms with Gasteiger partial charge in [-0.1, -0.05) is 40.2 Å². The van der Waals surface area contributed by atoms with Crippen molar-refractivity contribution in [3.05, 3.63) is 23.8 Å². The highest BCUT2D eigenvalue weighted by Crippen LogP contribution is 2.19. The summed E-state index contributed by atoms with van der Waals surface area (Å²) in [6.45, 7) is 10.3. The average molecular weight is 305 g/mol. The number of nitrogens with zero attached hydrogens (tertiary/aromatic N) is 1. The van der Waals surface area contributed by atoms with Crippen LogP contribution >= 0.6 is 0 Å². The van der Waals surface area contributed by atoms with Gasteiger partial charge in [0.2, 0.25) is 5.91 Å². The number of amides is 1. The van der Waals surface area contributed by atoms with Gasteiger partial charge in [-0.05, 0) is 50.0 Å². The van der Waals surface area contributed by atoms with Crippen molar-refractivity contribution in [1.29, 1.82) is 0 Å². The number of rotatable bonds is 9. The molecule has 124 valence electrons. The van der Waals surface area contributed by atoms with Crippen molar-refractivity contribution < 1.29 is 4.79 Å². The Hall–Kier alpha value is -1.55. The topological polar surface area (TPSA) is 58.4 Å². The van der Waals surface area contributed by atoms with Crippen molar-refractivity contribution in [2.75, 3.05) is 24.1 Å². The summed E-state index contributed by atoms with van der Waals surface area (Å²) in [5.74, 6) is 0.0594. The van der Waals surface area contributed by atoms with Crippen molar-refractivity contribution in [3.8, 4) is 0 Å². The Labute approximate surface area is 135 Å². The van der Waals surface area contributed by atoms with Gasteiger partial charge in [0, 0.05) is 11.4 Å². The highest BCUT2D eigenvalue weighted by atomic mass is 16.2. The number of likely N-dealkylation sites (N-methyl/N-ethyl adjacent to an activating group) is 1. The highest BCUT2D eigenvalue weighted by molar-refractivity contribution is 5.95. The third-order valence-corrected chi connectivity index (χ3v) is 4.13. The summed E-state index contributed by atoms with van der Waals surface area (Å²) >= 11 is 0. The zero-order valence-electron chi connectivity index (χ0n) is 14.5. The fourth-order valence-electron chi connectivity index (χ4n) is 2.73. The Kier molecular flexibility index (Phi) is 7.96. The van der Waals surface area contributed by atoms with Crippen LogP contribution in [0.25, 0.3) is 0 Å². The fourth-order valence-corrected chi connectivity index (χ4v) is 2.73. The lowest BCUT2D eigenvalue weighted by molar-refractivity contribution is -0.121. The molecule has 1 rings (SSSR count). The Morgan fingerprint density at radius 1 is 1.27 bits per heavy atom. The second-order valence-electron chi connectivity index (χ2n) is 5.66. The maximum atomic E-state index is 12.6. The average Bonchev–Trinajstić information content (AvgIpc) is 2.51. The number of aryl methyl sites for hydroxylation is 1. The Morgan fingerprint density at radius 3 is 2.50 bits per heavy atom. The minimum atomic E-state index is -0.0800. The minimum Gasteiger partial charge on any atom is -0.398 e. The van der Waals surface area contributed by atoms with Gasteiger partial charge in [0.15, 0.2) is 0 Å². The maximum Gasteiger partial charge on any atom is 0.241 e. The van der Waals surface area contributed by atoms with Crippen molar-refractivity contribution in [2.24, 2.45) is 0 Å². The van der Waals surface area contributed by atoms with Gasteiger partial charge in [-0.15, -0.1) is 0 Å². The van der Waals surface area contributed by atoms with E-state index < -0.39 is 0 Å². The van der Waals surface area contributed by atoms with E-state index in [1.807, 2.05) is 18.2 Å². The second kappa shape index (κ2) is 9.46. The normalized spacial score (nSPS) is 12.4. The van der Waals surface area contributed by atoms with Crippen LogP contribution in [0.5, 0.6) is 0 Å². The van der Waals surface area contributed by atoms with E-state index in [4.69, 9.17) is 5.73 Å². The molecule has 0 heterocycles. The molecular formula is C18H31N3O. The molecule has 0 fully saturated rings. The molecule has 1 aromatic rings. The smallest absolute Gasteiger partial charge is 0.241 e. The van der Waals surface area contributed by atoms with Gasteiger partial charge >= 0.3 is 0 Å². The number of nitrogens with two attached hydrogens (primary N) is 1. The van der Waals surface area contributed by atoms with Crippen molar-refractivity contribution in [1.82, 2.24) is 4.90 Å². The summed E-state index contributed by atoms with van der Waals surface area (Å²) < 4.78 is 0. The van der Waals surface area contributed by atoms with Crippen LogP contribution in [0.1, 0.15) is 52.5 Å². The first-order valence-corrected chi connectivity index (χ1v) is 8.50. The molecule has 0 aliphatic rings. The van der Waals surface area contributed by atoms with Crippen molar-refractivity contribution >= 4 is 17.3 Å². The molecule has 0 aliphatic carbocycles. The predicted molar refractivity (Wildman–Crippen MR) is 95.1 cm³/mol. The summed E-state index contributed by atoms with van der Waals surface area (Å²) in [5, 5.41) is 3.02. The molecule has 0 saturated carbocycles. The van der Waals surface area contributed by atoms with Gasteiger partial charge in [0.1, 0.15) is 0 Å². The van der Waals surface area contributed by atoms with E-state index in [1.54, 1.807) is 0 Å². The van der Waals surface area contributed by atoms with E-state index in [0.29, 0.717) is 0 Å². The first kappa shape index (κ1) is 18.5. The van der Waals surface area contributed by atoms with Gasteiger partial charge in [0.05, 0.1) is 6.04 Å². The predicted octanol–water partition coefficient (Wildman–Crippen LogP) is 3.67. The standard InChI is InChI=1S/C18H31N3O/c1-5-9-12-21(8-4)17(7-3)18(22)20-15-11-10-14(6-2)16(19)13-15/h10-11,13,17H,5-9,12,19H2,1-4H3,(H,20,22). The second-order valence-corrected chi connectivity index (χ2v) is 5.66. The monoisotopic (exact) mass is 305 g/mol. The molecule has 0 saturated heterocycles. The van der Waals surface area contributed by atoms with Crippen LogP contribution in [-0.2, 0) is 11.2 Å². The third-order valence-electron chi connectivity index (χ3n) is 4.13. The summed E-state index contributed by atoms with van der Waals surface area (Å²) in [6.07, 6.45) is 3.98. The molecule has 1 aromatic carbocycles. The molecule has 1 unspecified atom stereocenters. The summed E-state index contributed by atoms with van der Waals surface area (Å²) in [5.41, 5.74) is 8.64. The molecule has 22 heavy (non-hydrogen) atoms. The van der Waals surface area contributed by atoms with Crippen LogP contribution in [0.3, 0.4) is 0 Å². The molecule has 0 aromatic heterocycles. The van der Waals surface area contributed by atoms with E-state index in [2.05, 4.69) is 37.9 Å². The van der Waals surface area contributed by atoms with E-state index in [9.17, 15) is 4.79 Å². The summed E-state index contributed by atoms with van der Waals surface area (Å²) in [6, 6.07) is 5.69. The van der Waals surface area contributed by atoms with Crippen LogP contribution in [-0.4, -0.2) is 29.9 Å². The van der Waals surface area contributed by atoms with Crippen LogP contribution < -0.4 is 11.1 Å². The number of carbonyl (C=O) groups excluding carboxylic acids is 1. The molecule has 0 bridgehead atoms. The van der Waals surface area contributed by atoms with Gasteiger partial charge in [-0.3, -0.25) is 9.69 Å². The molecular weight excluding hydrogens is 274 g/mol. The summed E-state index contributed by atoms with van der Waals surface area (Å²) in [7, 11) is 0. The summed E-state index contributed by atoms with van der Waals surface area (Å²) in [4.78, 5) is 14.8. The number of nitrogens with one attached hydrogen (secondary N) is 1. The first-order chi connectivity index (χ1) is 10.6. The van der Waals surface area contributed by atoms with Crippen molar-refractivity contribution in [3.63, 3.8) is 0 Å². The van der Waals surface area contributed by atoms with Crippen LogP contribution in [0.4, 0.5) is 11.4 Å². The third kappa shape index (κ3) is 5.02. The maximum absolute atomic E-state index is 12.6. The lowest BCUT2D eigenvalue weighted by Gasteiger charge is -2.29. The number of nitrogen functional groups attached to an aromatic ring is 1. The number of unbranched alkanes of at least 4 members (excludes halogenated alkanes) is 1. The lowest BCUT2D eigenvalue weighted by atomic mass is 10.1. The highest BCUT2D eigenvalue weighted by Gasteiger charge is 2.22. The zero-order chi connectivity index (χ0) is 16.5. The molecule has 0 spiro atoms. The van der Waals surface area contributed by atoms with Gasteiger partial charge in [0.25, 0.3) is 0 Å². The molecule has 0 radical (unpaired) electrons. The van der Waals surface area contributed by atoms with E-state index >= 15 is 0 Å². The molecule has 1 amide bonds. The number of hydrogen-bond donors (Lipinski definition) is 2. The van der Waals surface area contributed by atoms with Gasteiger partial charge < -0.3 is 11.1 Å². The SMILES string of the molecule is CCCCN(CC)C(CC)C(=O)Nc1ccc(CC)c(N)c1. The van der Waals surface area contributed by atoms with E-state index in [-0.39, 0.29) is 11.9 Å². The molecule has 4 heteroatoms. The Bertz CT molecular complexity index is 473. The minimum absolute atomic E-state index is 0.0594. The van der Waals surface area contributed by atoms with Gasteiger partial charge in [-0.25, -0.2) is 0 Å². The number of hydrogen-bond acceptors (Lipinski definition) is 3. The van der Waals surface area contributed by atoms with E-state index in [1.165, 1.54) is 0 Å². The number of benzene rings is 1. The largest absolute Gasteiger partial charge is 0.398 e. The molecule has 0 aliphatic heterocycles. The van der Waals surface area contributed by atoms with Crippen LogP contribution in [0, 0.1) is 0 Å². The number of carbonyl (C=O) groups is 1. The van der Waals surface area contributed by atoms with Crippen LogP contribution in [0.15, 0.2) is 18.2 Å². The fraction of sp³-hybridized carbons (Fsp3) is 0.611. The lowest BCUT2D eigenvalue weighted by Crippen LogP contribution is -2.44. The van der Waals surface area contributed by atoms with Gasteiger partial charge in [-0.2, -0.15) is 0 Å². The molecule has 3 N–H and O–H groups in total. The molecule has 4 nitrogen and oxygen atoms in total. The van der Waals surface area contributed by atoms with E-state index in [0.717, 1.165) is 55.7 Å². The number of anilines is 2. The quantitative estimate of drug-likeness (QED) is 0.684. The van der Waals surface area contributed by atoms with Crippen LogP contribution in [0.2, 0.25) is 0 Å². The Morgan fingerprint density at radius 2 is 2.00 bits per heavy atom. The first-order valence-electron chi connectivity index (χ1n) is 8.50. The van der Waals surface area contributed by atoms with Crippen molar-refractivity contribution in [2.45, 2.75) is 59.4 Å². The zero-order valence-corrected chi connectivity index (χ0v) is 14.5. The Balaban J connectivity index is 2.77.